The molecule has 0 amide bonds. The smallest absolute Gasteiger partial charge is 0.230 e. The lowest BCUT2D eigenvalue weighted by Gasteiger charge is -2.61. The van der Waals surface area contributed by atoms with E-state index in [0.717, 1.165) is 36.3 Å². The summed E-state index contributed by atoms with van der Waals surface area (Å²) in [6.45, 7) is 0. The minimum atomic E-state index is -0.321. The quantitative estimate of drug-likeness (QED) is 0.601. The third kappa shape index (κ3) is 2.07. The van der Waals surface area contributed by atoms with Gasteiger partial charge in [-0.1, -0.05) is 6.07 Å². The van der Waals surface area contributed by atoms with E-state index in [1.165, 1.54) is 37.0 Å². The first-order chi connectivity index (χ1) is 10.2. The molecule has 0 atom stereocenters. The van der Waals surface area contributed by atoms with Crippen molar-refractivity contribution < 1.29 is 4.92 Å². The third-order valence-corrected chi connectivity index (χ3v) is 7.32. The molecule has 1 aromatic rings. The van der Waals surface area contributed by atoms with Crippen LogP contribution in [0.25, 0.3) is 0 Å². The van der Waals surface area contributed by atoms with E-state index in [-0.39, 0.29) is 10.3 Å². The molecule has 5 rings (SSSR count). The molecule has 1 heterocycles. The summed E-state index contributed by atoms with van der Waals surface area (Å²) in [5.41, 5.74) is 0.189. The molecular weight excluding hydrogens is 282 g/mol. The van der Waals surface area contributed by atoms with Gasteiger partial charge in [-0.05, 0) is 79.7 Å². The molecule has 0 saturated heterocycles. The first-order valence-electron chi connectivity index (χ1n) is 8.02. The monoisotopic (exact) mass is 303 g/mol. The third-order valence-electron chi connectivity index (χ3n) is 6.26. The van der Waals surface area contributed by atoms with Gasteiger partial charge in [0, 0.05) is 10.3 Å². The molecule has 0 aliphatic heterocycles. The van der Waals surface area contributed by atoms with Gasteiger partial charge in [0.05, 0.1) is 4.92 Å². The summed E-state index contributed by atoms with van der Waals surface area (Å²) in [4.78, 5) is 11.8. The maximum Gasteiger partial charge on any atom is 0.230 e. The van der Waals surface area contributed by atoms with Gasteiger partial charge in [-0.3, -0.25) is 10.1 Å². The molecule has 4 heteroatoms. The van der Waals surface area contributed by atoms with Gasteiger partial charge in [-0.15, -0.1) is 11.3 Å². The maximum atomic E-state index is 10.7. The average molecular weight is 303 g/mol. The van der Waals surface area contributed by atoms with Gasteiger partial charge in [0.2, 0.25) is 6.20 Å². The molecule has 4 aliphatic carbocycles. The fourth-order valence-corrected chi connectivity index (χ4v) is 6.84. The summed E-state index contributed by atoms with van der Waals surface area (Å²) in [5.74, 6) is 3.34. The molecule has 112 valence electrons. The van der Waals surface area contributed by atoms with E-state index in [9.17, 15) is 10.1 Å². The van der Waals surface area contributed by atoms with E-state index in [1.807, 2.05) is 17.4 Å². The van der Waals surface area contributed by atoms with Crippen LogP contribution in [0.3, 0.4) is 0 Å². The van der Waals surface area contributed by atoms with Crippen LogP contribution < -0.4 is 0 Å². The second-order valence-corrected chi connectivity index (χ2v) is 8.14. The maximum absolute atomic E-state index is 10.7. The fourth-order valence-electron chi connectivity index (χ4n) is 5.74. The van der Waals surface area contributed by atoms with Crippen LogP contribution in [0.2, 0.25) is 0 Å². The number of rotatable bonds is 4. The Morgan fingerprint density at radius 2 is 1.90 bits per heavy atom. The van der Waals surface area contributed by atoms with Gasteiger partial charge in [0.15, 0.2) is 0 Å². The minimum absolute atomic E-state index is 0.189. The number of hydrogen-bond acceptors (Lipinski definition) is 3. The lowest BCUT2D eigenvalue weighted by molar-refractivity contribution is -0.402. The highest BCUT2D eigenvalue weighted by Gasteiger charge is 2.57. The lowest BCUT2D eigenvalue weighted by atomic mass is 9.44. The van der Waals surface area contributed by atoms with E-state index in [4.69, 9.17) is 0 Å². The first kappa shape index (κ1) is 13.5. The Labute approximate surface area is 129 Å². The van der Waals surface area contributed by atoms with E-state index in [0.29, 0.717) is 0 Å². The molecule has 0 aromatic carbocycles. The molecular formula is C17H21NO2S. The van der Waals surface area contributed by atoms with Crippen molar-refractivity contribution in [2.75, 3.05) is 0 Å². The summed E-state index contributed by atoms with van der Waals surface area (Å²) in [6.07, 6.45) is 10.6. The van der Waals surface area contributed by atoms with Crippen LogP contribution in [0.5, 0.6) is 0 Å². The van der Waals surface area contributed by atoms with Crippen LogP contribution in [0.4, 0.5) is 0 Å². The largest absolute Gasteiger partial charge is 0.259 e. The van der Waals surface area contributed by atoms with Crippen molar-refractivity contribution in [1.29, 1.82) is 0 Å². The molecule has 1 aromatic heterocycles. The van der Waals surface area contributed by atoms with Crippen molar-refractivity contribution in [2.24, 2.45) is 23.7 Å². The predicted octanol–water partition coefficient (Wildman–Crippen LogP) is 4.62. The summed E-state index contributed by atoms with van der Waals surface area (Å²) in [5, 5.41) is 12.8. The summed E-state index contributed by atoms with van der Waals surface area (Å²) < 4.78 is 0. The minimum Gasteiger partial charge on any atom is -0.259 e. The van der Waals surface area contributed by atoms with Crippen molar-refractivity contribution in [3.8, 4) is 0 Å². The van der Waals surface area contributed by atoms with E-state index >= 15 is 0 Å². The van der Waals surface area contributed by atoms with Crippen LogP contribution in [0.15, 0.2) is 29.8 Å². The molecule has 4 bridgehead atoms. The summed E-state index contributed by atoms with van der Waals surface area (Å²) in [6, 6.07) is 4.41. The molecule has 0 N–H and O–H groups in total. The zero-order valence-electron chi connectivity index (χ0n) is 12.1. The zero-order valence-corrected chi connectivity index (χ0v) is 12.9. The fraction of sp³-hybridized carbons (Fsp3) is 0.647. The van der Waals surface area contributed by atoms with E-state index in [1.54, 1.807) is 0 Å². The van der Waals surface area contributed by atoms with Crippen molar-refractivity contribution in [1.82, 2.24) is 0 Å². The van der Waals surface area contributed by atoms with Crippen molar-refractivity contribution >= 4 is 11.3 Å². The Morgan fingerprint density at radius 3 is 2.43 bits per heavy atom. The van der Waals surface area contributed by atoms with Crippen LogP contribution in [-0.2, 0) is 5.41 Å². The van der Waals surface area contributed by atoms with E-state index in [2.05, 4.69) is 17.5 Å². The van der Waals surface area contributed by atoms with E-state index < -0.39 is 0 Å². The predicted molar refractivity (Wildman–Crippen MR) is 83.8 cm³/mol. The molecule has 0 spiro atoms. The number of nitrogens with zero attached hydrogens (tertiary/aromatic N) is 1. The number of thiophene rings is 1. The average Bonchev–Trinajstić information content (AvgIpc) is 2.95. The number of hydrogen-bond donors (Lipinski definition) is 0. The number of allylic oxidation sites excluding steroid dienone is 1. The highest BCUT2D eigenvalue weighted by atomic mass is 32.1. The molecule has 4 fully saturated rings. The van der Waals surface area contributed by atoms with Crippen LogP contribution in [0, 0.1) is 33.8 Å². The Balaban J connectivity index is 1.72. The standard InChI is InChI=1S/C17H21NO2S/c19-18(20)5-2-4-17(16-3-1-6-21-16)14-8-12-7-13(10-14)11-15(17)9-12/h1-3,5-6,12-15H,4,7-11H2. The molecule has 4 aliphatic rings. The van der Waals surface area contributed by atoms with Crippen LogP contribution >= 0.6 is 11.3 Å². The summed E-state index contributed by atoms with van der Waals surface area (Å²) in [7, 11) is 0. The van der Waals surface area contributed by atoms with Gasteiger partial charge >= 0.3 is 0 Å². The van der Waals surface area contributed by atoms with Gasteiger partial charge in [-0.2, -0.15) is 0 Å². The van der Waals surface area contributed by atoms with Crippen LogP contribution in [0.1, 0.15) is 43.4 Å². The molecule has 4 saturated carbocycles. The second kappa shape index (κ2) is 4.94. The first-order valence-corrected chi connectivity index (χ1v) is 8.90. The molecule has 0 radical (unpaired) electrons. The Morgan fingerprint density at radius 1 is 1.24 bits per heavy atom. The van der Waals surface area contributed by atoms with Crippen molar-refractivity contribution in [2.45, 2.75) is 43.9 Å². The SMILES string of the molecule is O=[N+]([O-])C=CCC1(c2cccs2)C2CC3CC(C2)CC1C3. The molecule has 0 unspecified atom stereocenters. The number of nitro groups is 1. The Kier molecular flexibility index (Phi) is 3.18. The summed E-state index contributed by atoms with van der Waals surface area (Å²) >= 11 is 1.86. The lowest BCUT2D eigenvalue weighted by Crippen LogP contribution is -2.55. The van der Waals surface area contributed by atoms with Gasteiger partial charge in [-0.25, -0.2) is 0 Å². The Hall–Kier alpha value is -1.16. The van der Waals surface area contributed by atoms with Gasteiger partial charge < -0.3 is 0 Å². The molecule has 21 heavy (non-hydrogen) atoms. The second-order valence-electron chi connectivity index (χ2n) is 7.20. The molecule has 3 nitrogen and oxygen atoms in total. The zero-order chi connectivity index (χ0) is 14.4. The van der Waals surface area contributed by atoms with Crippen LogP contribution in [-0.4, -0.2) is 4.92 Å². The van der Waals surface area contributed by atoms with Gasteiger partial charge in [0.1, 0.15) is 0 Å². The highest BCUT2D eigenvalue weighted by molar-refractivity contribution is 7.10. The van der Waals surface area contributed by atoms with Crippen molar-refractivity contribution in [3.05, 3.63) is 44.8 Å². The topological polar surface area (TPSA) is 43.1 Å². The van der Waals surface area contributed by atoms with Gasteiger partial charge in [0.25, 0.3) is 0 Å². The normalized spacial score (nSPS) is 41.0. The van der Waals surface area contributed by atoms with Crippen molar-refractivity contribution in [3.63, 3.8) is 0 Å². The Bertz CT molecular complexity index is 535. The highest BCUT2D eigenvalue weighted by Crippen LogP contribution is 2.64.